The summed E-state index contributed by atoms with van der Waals surface area (Å²) in [6.45, 7) is 2.04. The summed E-state index contributed by atoms with van der Waals surface area (Å²) in [7, 11) is 0. The van der Waals surface area contributed by atoms with Crippen molar-refractivity contribution in [3.63, 3.8) is 0 Å². The largest absolute Gasteiger partial charge is 0.395 e. The molecule has 0 aliphatic heterocycles. The molecule has 0 aliphatic rings. The predicted octanol–water partition coefficient (Wildman–Crippen LogP) is 2.67. The van der Waals surface area contributed by atoms with Gasteiger partial charge in [0.2, 0.25) is 0 Å². The number of hydrogen-bond donors (Lipinski definition) is 1. The minimum Gasteiger partial charge on any atom is -0.395 e. The van der Waals surface area contributed by atoms with Crippen molar-refractivity contribution in [3.8, 4) is 11.3 Å². The normalized spacial score (nSPS) is 11.1. The van der Waals surface area contributed by atoms with Crippen LogP contribution in [0.4, 0.5) is 0 Å². The van der Waals surface area contributed by atoms with Crippen molar-refractivity contribution in [2.75, 3.05) is 6.61 Å². The molecule has 2 aromatic heterocycles. The van der Waals surface area contributed by atoms with E-state index in [0.717, 1.165) is 17.5 Å². The molecule has 0 amide bonds. The molecule has 0 fully saturated rings. The van der Waals surface area contributed by atoms with E-state index in [0.29, 0.717) is 21.9 Å². The number of fused-ring (bicyclic) bond motifs is 1. The van der Waals surface area contributed by atoms with E-state index in [-0.39, 0.29) is 18.7 Å². The van der Waals surface area contributed by atoms with Crippen LogP contribution in [0.2, 0.25) is 5.02 Å². The number of aromatic nitrogens is 3. The maximum Gasteiger partial charge on any atom is 0.278 e. The second kappa shape index (κ2) is 6.48. The molecule has 118 valence electrons. The Balaban J connectivity index is 2.34. The topological polar surface area (TPSA) is 68.0 Å². The summed E-state index contributed by atoms with van der Waals surface area (Å²) < 4.78 is 1.46. The molecular formula is C17H16ClN3O2. The molecule has 0 saturated heterocycles. The second-order valence-electron chi connectivity index (χ2n) is 5.14. The second-order valence-corrected chi connectivity index (χ2v) is 5.58. The van der Waals surface area contributed by atoms with Gasteiger partial charge in [-0.25, -0.2) is 9.97 Å². The van der Waals surface area contributed by atoms with Crippen molar-refractivity contribution in [2.24, 2.45) is 0 Å². The zero-order valence-corrected chi connectivity index (χ0v) is 13.4. The van der Waals surface area contributed by atoms with Gasteiger partial charge in [-0.15, -0.1) is 0 Å². The van der Waals surface area contributed by atoms with Crippen LogP contribution in [0, 0.1) is 0 Å². The first-order valence-electron chi connectivity index (χ1n) is 7.41. The minimum absolute atomic E-state index is 0.143. The maximum atomic E-state index is 12.8. The molecule has 23 heavy (non-hydrogen) atoms. The van der Waals surface area contributed by atoms with E-state index in [1.165, 1.54) is 4.57 Å². The van der Waals surface area contributed by atoms with Gasteiger partial charge in [0, 0.05) is 16.8 Å². The Kier molecular flexibility index (Phi) is 4.41. The first kappa shape index (κ1) is 15.6. The molecule has 3 rings (SSSR count). The van der Waals surface area contributed by atoms with E-state index in [2.05, 4.69) is 9.97 Å². The standard InChI is InChI=1S/C17H16ClN3O2/c1-2-11-10-12(18)5-6-13(11)15-17(23)21(8-9-22)16-14(20-15)4-3-7-19-16/h3-7,10,22H,2,8-9H2,1H3. The van der Waals surface area contributed by atoms with Crippen LogP contribution in [0.3, 0.4) is 0 Å². The Morgan fingerprint density at radius 3 is 2.87 bits per heavy atom. The summed E-state index contributed by atoms with van der Waals surface area (Å²) in [5.74, 6) is 0. The molecule has 3 aromatic rings. The van der Waals surface area contributed by atoms with E-state index >= 15 is 0 Å². The maximum absolute atomic E-state index is 12.8. The average molecular weight is 330 g/mol. The van der Waals surface area contributed by atoms with Gasteiger partial charge in [0.1, 0.15) is 11.2 Å². The Morgan fingerprint density at radius 2 is 2.13 bits per heavy atom. The molecule has 0 spiro atoms. The first-order valence-corrected chi connectivity index (χ1v) is 7.78. The Bertz CT molecular complexity index is 921. The zero-order chi connectivity index (χ0) is 16.4. The lowest BCUT2D eigenvalue weighted by atomic mass is 10.0. The monoisotopic (exact) mass is 329 g/mol. The van der Waals surface area contributed by atoms with Crippen LogP contribution in [0.5, 0.6) is 0 Å². The third-order valence-corrected chi connectivity index (χ3v) is 3.96. The van der Waals surface area contributed by atoms with Gasteiger partial charge in [0.05, 0.1) is 13.2 Å². The third kappa shape index (κ3) is 2.85. The van der Waals surface area contributed by atoms with Gasteiger partial charge in [0.25, 0.3) is 5.56 Å². The first-order chi connectivity index (χ1) is 11.2. The summed E-state index contributed by atoms with van der Waals surface area (Å²) in [6, 6.07) is 9.00. The lowest BCUT2D eigenvalue weighted by molar-refractivity contribution is 0.276. The van der Waals surface area contributed by atoms with E-state index in [9.17, 15) is 9.90 Å². The SMILES string of the molecule is CCc1cc(Cl)ccc1-c1nc2cccnc2n(CCO)c1=O. The van der Waals surface area contributed by atoms with Crippen molar-refractivity contribution >= 4 is 22.8 Å². The number of hydrogen-bond acceptors (Lipinski definition) is 4. The molecule has 0 radical (unpaired) electrons. The fourth-order valence-corrected chi connectivity index (χ4v) is 2.84. The van der Waals surface area contributed by atoms with Gasteiger partial charge < -0.3 is 5.11 Å². The molecule has 0 saturated carbocycles. The molecule has 0 aliphatic carbocycles. The summed E-state index contributed by atoms with van der Waals surface area (Å²) in [4.78, 5) is 21.6. The smallest absolute Gasteiger partial charge is 0.278 e. The van der Waals surface area contributed by atoms with Crippen LogP contribution in [-0.2, 0) is 13.0 Å². The highest BCUT2D eigenvalue weighted by Crippen LogP contribution is 2.24. The number of benzene rings is 1. The van der Waals surface area contributed by atoms with Gasteiger partial charge in [-0.3, -0.25) is 9.36 Å². The van der Waals surface area contributed by atoms with Crippen molar-refractivity contribution in [1.29, 1.82) is 0 Å². The number of rotatable bonds is 4. The van der Waals surface area contributed by atoms with Crippen molar-refractivity contribution in [3.05, 3.63) is 57.5 Å². The molecule has 0 bridgehead atoms. The highest BCUT2D eigenvalue weighted by Gasteiger charge is 2.15. The van der Waals surface area contributed by atoms with E-state index in [1.54, 1.807) is 24.4 Å². The van der Waals surface area contributed by atoms with E-state index in [4.69, 9.17) is 11.6 Å². The molecule has 5 nitrogen and oxygen atoms in total. The number of aliphatic hydroxyl groups excluding tert-OH is 1. The molecule has 0 unspecified atom stereocenters. The molecule has 2 heterocycles. The highest BCUT2D eigenvalue weighted by molar-refractivity contribution is 6.30. The van der Waals surface area contributed by atoms with Crippen LogP contribution in [0.15, 0.2) is 41.3 Å². The van der Waals surface area contributed by atoms with Crippen molar-refractivity contribution in [2.45, 2.75) is 19.9 Å². The molecule has 6 heteroatoms. The Hall–Kier alpha value is -2.24. The summed E-state index contributed by atoms with van der Waals surface area (Å²) in [5, 5.41) is 9.91. The van der Waals surface area contributed by atoms with Gasteiger partial charge in [-0.2, -0.15) is 0 Å². The van der Waals surface area contributed by atoms with Crippen LogP contribution < -0.4 is 5.56 Å². The lowest BCUT2D eigenvalue weighted by Crippen LogP contribution is -2.26. The number of nitrogens with zero attached hydrogens (tertiary/aromatic N) is 3. The van der Waals surface area contributed by atoms with Gasteiger partial charge in [-0.05, 0) is 36.2 Å². The van der Waals surface area contributed by atoms with Crippen LogP contribution in [0.25, 0.3) is 22.4 Å². The molecule has 1 N–H and O–H groups in total. The number of aliphatic hydroxyl groups is 1. The average Bonchev–Trinajstić information content (AvgIpc) is 2.57. The van der Waals surface area contributed by atoms with Gasteiger partial charge >= 0.3 is 0 Å². The Labute approximate surface area is 138 Å². The van der Waals surface area contributed by atoms with E-state index < -0.39 is 0 Å². The summed E-state index contributed by atoms with van der Waals surface area (Å²) >= 11 is 6.05. The summed E-state index contributed by atoms with van der Waals surface area (Å²) in [5.41, 5.74) is 2.91. The summed E-state index contributed by atoms with van der Waals surface area (Å²) in [6.07, 6.45) is 2.35. The molecule has 1 aromatic carbocycles. The number of aryl methyl sites for hydroxylation is 1. The number of pyridine rings is 1. The van der Waals surface area contributed by atoms with Crippen LogP contribution >= 0.6 is 11.6 Å². The third-order valence-electron chi connectivity index (χ3n) is 3.73. The quantitative estimate of drug-likeness (QED) is 0.799. The number of halogens is 1. The van der Waals surface area contributed by atoms with E-state index in [1.807, 2.05) is 19.1 Å². The fraction of sp³-hybridized carbons (Fsp3) is 0.235. The highest BCUT2D eigenvalue weighted by atomic mass is 35.5. The van der Waals surface area contributed by atoms with Crippen molar-refractivity contribution < 1.29 is 5.11 Å². The lowest BCUT2D eigenvalue weighted by Gasteiger charge is -2.12. The Morgan fingerprint density at radius 1 is 1.30 bits per heavy atom. The fourth-order valence-electron chi connectivity index (χ4n) is 2.64. The van der Waals surface area contributed by atoms with Gasteiger partial charge in [-0.1, -0.05) is 24.6 Å². The van der Waals surface area contributed by atoms with Crippen LogP contribution in [-0.4, -0.2) is 26.2 Å². The predicted molar refractivity (Wildman–Crippen MR) is 90.7 cm³/mol. The minimum atomic E-state index is -0.262. The zero-order valence-electron chi connectivity index (χ0n) is 12.7. The molecular weight excluding hydrogens is 314 g/mol. The van der Waals surface area contributed by atoms with Crippen molar-refractivity contribution in [1.82, 2.24) is 14.5 Å². The van der Waals surface area contributed by atoms with Crippen LogP contribution in [0.1, 0.15) is 12.5 Å². The molecule has 0 atom stereocenters. The van der Waals surface area contributed by atoms with Gasteiger partial charge in [0.15, 0.2) is 5.65 Å².